The first-order valence-corrected chi connectivity index (χ1v) is 6.24. The third kappa shape index (κ3) is 6.45. The molecule has 0 radical (unpaired) electrons. The summed E-state index contributed by atoms with van der Waals surface area (Å²) in [6, 6.07) is 9.07. The Balaban J connectivity index is 2.25. The van der Waals surface area contributed by atoms with Crippen molar-refractivity contribution in [3.8, 4) is 0 Å². The molecule has 0 aliphatic carbocycles. The summed E-state index contributed by atoms with van der Waals surface area (Å²) >= 11 is 0. The molecule has 1 atom stereocenters. The lowest BCUT2D eigenvalue weighted by molar-refractivity contribution is -0.143. The van der Waals surface area contributed by atoms with Crippen molar-refractivity contribution in [3.63, 3.8) is 0 Å². The van der Waals surface area contributed by atoms with Gasteiger partial charge in [-0.05, 0) is 19.4 Å². The summed E-state index contributed by atoms with van der Waals surface area (Å²) in [6.45, 7) is 4.01. The Morgan fingerprint density at radius 2 is 1.89 bits per heavy atom. The van der Waals surface area contributed by atoms with Crippen LogP contribution in [-0.2, 0) is 20.9 Å². The van der Waals surface area contributed by atoms with Crippen LogP contribution in [0.2, 0.25) is 0 Å². The second-order valence-corrected chi connectivity index (χ2v) is 4.12. The molecule has 5 nitrogen and oxygen atoms in total. The largest absolute Gasteiger partial charge is 0.466 e. The minimum atomic E-state index is -0.541. The lowest BCUT2D eigenvalue weighted by Gasteiger charge is -2.13. The number of ether oxygens (including phenoxy) is 2. The van der Waals surface area contributed by atoms with Crippen molar-refractivity contribution in [1.29, 1.82) is 0 Å². The van der Waals surface area contributed by atoms with E-state index in [1.54, 1.807) is 13.8 Å². The highest BCUT2D eigenvalue weighted by atomic mass is 16.5. The fourth-order valence-corrected chi connectivity index (χ4v) is 1.49. The van der Waals surface area contributed by atoms with E-state index in [1.807, 2.05) is 30.3 Å². The summed E-state index contributed by atoms with van der Waals surface area (Å²) in [6.07, 6.45) is -0.408. The molecule has 0 bridgehead atoms. The average Bonchev–Trinajstić information content (AvgIpc) is 2.37. The predicted molar refractivity (Wildman–Crippen MR) is 70.5 cm³/mol. The molecule has 104 valence electrons. The molecule has 19 heavy (non-hydrogen) atoms. The van der Waals surface area contributed by atoms with Gasteiger partial charge in [0, 0.05) is 6.04 Å². The summed E-state index contributed by atoms with van der Waals surface area (Å²) < 4.78 is 9.83. The first-order chi connectivity index (χ1) is 9.11. The minimum absolute atomic E-state index is 0.133. The molecular weight excluding hydrogens is 246 g/mol. The van der Waals surface area contributed by atoms with Crippen LogP contribution in [0.3, 0.4) is 0 Å². The second-order valence-electron chi connectivity index (χ2n) is 4.12. The maximum atomic E-state index is 11.5. The highest BCUT2D eigenvalue weighted by molar-refractivity contribution is 5.72. The molecule has 1 N–H and O–H groups in total. The van der Waals surface area contributed by atoms with Gasteiger partial charge in [0.1, 0.15) is 6.61 Å². The SMILES string of the molecule is CCOC(=O)C[C@@H](C)NC(=O)OCc1ccccc1. The van der Waals surface area contributed by atoms with Gasteiger partial charge in [-0.2, -0.15) is 0 Å². The van der Waals surface area contributed by atoms with Gasteiger partial charge >= 0.3 is 12.1 Å². The van der Waals surface area contributed by atoms with Crippen LogP contribution < -0.4 is 5.32 Å². The van der Waals surface area contributed by atoms with Crippen LogP contribution in [-0.4, -0.2) is 24.7 Å². The Morgan fingerprint density at radius 3 is 2.53 bits per heavy atom. The number of amides is 1. The summed E-state index contributed by atoms with van der Waals surface area (Å²) in [4.78, 5) is 22.7. The zero-order chi connectivity index (χ0) is 14.1. The number of rotatable bonds is 6. The van der Waals surface area contributed by atoms with Gasteiger partial charge in [-0.1, -0.05) is 30.3 Å². The molecule has 0 saturated carbocycles. The molecule has 1 amide bonds. The minimum Gasteiger partial charge on any atom is -0.466 e. The molecule has 0 heterocycles. The third-order valence-corrected chi connectivity index (χ3v) is 2.36. The lowest BCUT2D eigenvalue weighted by atomic mass is 10.2. The summed E-state index contributed by atoms with van der Waals surface area (Å²) in [5, 5.41) is 2.58. The highest BCUT2D eigenvalue weighted by Crippen LogP contribution is 2.01. The molecule has 1 rings (SSSR count). The van der Waals surface area contributed by atoms with Crippen LogP contribution >= 0.6 is 0 Å². The molecule has 0 aliphatic heterocycles. The van der Waals surface area contributed by atoms with Gasteiger partial charge < -0.3 is 14.8 Å². The Morgan fingerprint density at radius 1 is 1.21 bits per heavy atom. The molecule has 0 spiro atoms. The van der Waals surface area contributed by atoms with E-state index >= 15 is 0 Å². The lowest BCUT2D eigenvalue weighted by Crippen LogP contribution is -2.34. The van der Waals surface area contributed by atoms with Gasteiger partial charge in [0.15, 0.2) is 0 Å². The van der Waals surface area contributed by atoms with Gasteiger partial charge in [0.2, 0.25) is 0 Å². The number of alkyl carbamates (subject to hydrolysis) is 1. The number of esters is 1. The highest BCUT2D eigenvalue weighted by Gasteiger charge is 2.13. The Labute approximate surface area is 112 Å². The van der Waals surface area contributed by atoms with Gasteiger partial charge in [0.05, 0.1) is 13.0 Å². The van der Waals surface area contributed by atoms with E-state index in [2.05, 4.69) is 5.32 Å². The van der Waals surface area contributed by atoms with E-state index in [0.29, 0.717) is 6.61 Å². The van der Waals surface area contributed by atoms with Crippen LogP contribution in [0.4, 0.5) is 4.79 Å². The molecule has 0 aromatic heterocycles. The fourth-order valence-electron chi connectivity index (χ4n) is 1.49. The number of benzene rings is 1. The maximum Gasteiger partial charge on any atom is 0.407 e. The standard InChI is InChI=1S/C14H19NO4/c1-3-18-13(16)9-11(2)15-14(17)19-10-12-7-5-4-6-8-12/h4-8,11H,3,9-10H2,1-2H3,(H,15,17)/t11-/m1/s1. The first-order valence-electron chi connectivity index (χ1n) is 6.24. The number of nitrogens with one attached hydrogen (secondary N) is 1. The smallest absolute Gasteiger partial charge is 0.407 e. The quantitative estimate of drug-likeness (QED) is 0.801. The normalized spacial score (nSPS) is 11.5. The van der Waals surface area contributed by atoms with Crippen molar-refractivity contribution < 1.29 is 19.1 Å². The van der Waals surface area contributed by atoms with Gasteiger partial charge in [-0.25, -0.2) is 4.79 Å². The molecule has 0 aliphatic rings. The summed E-state index contributed by atoms with van der Waals surface area (Å²) in [7, 11) is 0. The van der Waals surface area contributed by atoms with Crippen LogP contribution in [0.1, 0.15) is 25.8 Å². The third-order valence-electron chi connectivity index (χ3n) is 2.36. The van der Waals surface area contributed by atoms with E-state index in [0.717, 1.165) is 5.56 Å². The Kier molecular flexibility index (Phi) is 6.43. The van der Waals surface area contributed by atoms with Crippen molar-refractivity contribution in [3.05, 3.63) is 35.9 Å². The second kappa shape index (κ2) is 8.13. The maximum absolute atomic E-state index is 11.5. The van der Waals surface area contributed by atoms with E-state index in [-0.39, 0.29) is 25.0 Å². The van der Waals surface area contributed by atoms with Crippen LogP contribution in [0.15, 0.2) is 30.3 Å². The summed E-state index contributed by atoms with van der Waals surface area (Å²) in [5.74, 6) is -0.335. The molecule has 1 aromatic rings. The predicted octanol–water partition coefficient (Wildman–Crippen LogP) is 2.25. The topological polar surface area (TPSA) is 64.6 Å². The summed E-state index contributed by atoms with van der Waals surface area (Å²) in [5.41, 5.74) is 0.913. The Bertz CT molecular complexity index is 405. The van der Waals surface area contributed by atoms with Crippen molar-refractivity contribution in [2.75, 3.05) is 6.61 Å². The molecule has 0 saturated heterocycles. The number of carbonyl (C=O) groups excluding carboxylic acids is 2. The van der Waals surface area contributed by atoms with E-state index in [1.165, 1.54) is 0 Å². The van der Waals surface area contributed by atoms with Crippen molar-refractivity contribution in [2.24, 2.45) is 0 Å². The zero-order valence-electron chi connectivity index (χ0n) is 11.2. The molecule has 0 unspecified atom stereocenters. The van der Waals surface area contributed by atoms with Crippen LogP contribution in [0.5, 0.6) is 0 Å². The van der Waals surface area contributed by atoms with E-state index in [4.69, 9.17) is 9.47 Å². The zero-order valence-corrected chi connectivity index (χ0v) is 11.2. The molecule has 0 fully saturated rings. The molecule has 1 aromatic carbocycles. The van der Waals surface area contributed by atoms with Crippen molar-refractivity contribution in [1.82, 2.24) is 5.32 Å². The molecular formula is C14H19NO4. The fraction of sp³-hybridized carbons (Fsp3) is 0.429. The Hall–Kier alpha value is -2.04. The first kappa shape index (κ1) is 15.0. The van der Waals surface area contributed by atoms with Crippen molar-refractivity contribution in [2.45, 2.75) is 32.9 Å². The average molecular weight is 265 g/mol. The van der Waals surface area contributed by atoms with Gasteiger partial charge in [-0.15, -0.1) is 0 Å². The van der Waals surface area contributed by atoms with Gasteiger partial charge in [0.25, 0.3) is 0 Å². The number of hydrogen-bond donors (Lipinski definition) is 1. The monoisotopic (exact) mass is 265 g/mol. The molecule has 5 heteroatoms. The number of carbonyl (C=O) groups is 2. The van der Waals surface area contributed by atoms with Crippen LogP contribution in [0.25, 0.3) is 0 Å². The van der Waals surface area contributed by atoms with Gasteiger partial charge in [-0.3, -0.25) is 4.79 Å². The number of hydrogen-bond acceptors (Lipinski definition) is 4. The van der Waals surface area contributed by atoms with E-state index in [9.17, 15) is 9.59 Å². The van der Waals surface area contributed by atoms with E-state index < -0.39 is 6.09 Å². The van der Waals surface area contributed by atoms with Crippen molar-refractivity contribution >= 4 is 12.1 Å². The van der Waals surface area contributed by atoms with Crippen LogP contribution in [0, 0.1) is 0 Å².